The second-order valence-electron chi connectivity index (χ2n) is 6.44. The molecule has 1 N–H and O–H groups in total. The van der Waals surface area contributed by atoms with Crippen LogP contribution in [0, 0.1) is 12.7 Å². The highest BCUT2D eigenvalue weighted by atomic mass is 32.2. The van der Waals surface area contributed by atoms with E-state index < -0.39 is 0 Å². The van der Waals surface area contributed by atoms with Gasteiger partial charge in [-0.1, -0.05) is 53.7 Å². The van der Waals surface area contributed by atoms with Gasteiger partial charge in [-0.2, -0.15) is 5.10 Å². The Morgan fingerprint density at radius 1 is 1.14 bits per heavy atom. The Morgan fingerprint density at radius 2 is 1.83 bits per heavy atom. The van der Waals surface area contributed by atoms with Gasteiger partial charge in [0.1, 0.15) is 5.82 Å². The zero-order chi connectivity index (χ0) is 20.8. The fourth-order valence-electron chi connectivity index (χ4n) is 2.66. The van der Waals surface area contributed by atoms with Crippen LogP contribution in [0.25, 0.3) is 11.4 Å². The van der Waals surface area contributed by atoms with Gasteiger partial charge in [-0.05, 0) is 38.5 Å². The van der Waals surface area contributed by atoms with E-state index in [-0.39, 0.29) is 17.5 Å². The second-order valence-corrected chi connectivity index (χ2v) is 7.39. The van der Waals surface area contributed by atoms with Crippen LogP contribution in [0.3, 0.4) is 0 Å². The number of hydrogen-bond acceptors (Lipinski definition) is 5. The van der Waals surface area contributed by atoms with E-state index in [1.807, 2.05) is 42.7 Å². The van der Waals surface area contributed by atoms with E-state index in [2.05, 4.69) is 20.7 Å². The number of rotatable bonds is 7. The van der Waals surface area contributed by atoms with Crippen LogP contribution in [0.2, 0.25) is 0 Å². The fourth-order valence-corrected chi connectivity index (χ4v) is 3.46. The Hall–Kier alpha value is -3.00. The normalized spacial score (nSPS) is 11.5. The molecule has 0 radical (unpaired) electrons. The topological polar surface area (TPSA) is 72.2 Å². The highest BCUT2D eigenvalue weighted by Gasteiger charge is 2.14. The van der Waals surface area contributed by atoms with Crippen molar-refractivity contribution in [3.8, 4) is 11.4 Å². The van der Waals surface area contributed by atoms with Gasteiger partial charge >= 0.3 is 0 Å². The molecule has 0 saturated heterocycles. The summed E-state index contributed by atoms with van der Waals surface area (Å²) in [6.45, 7) is 6.50. The van der Waals surface area contributed by atoms with E-state index in [0.717, 1.165) is 17.0 Å². The molecule has 0 atom stereocenters. The summed E-state index contributed by atoms with van der Waals surface area (Å²) in [5.41, 5.74) is 6.03. The van der Waals surface area contributed by atoms with E-state index in [1.54, 1.807) is 19.1 Å². The van der Waals surface area contributed by atoms with Crippen LogP contribution in [0.1, 0.15) is 25.0 Å². The van der Waals surface area contributed by atoms with E-state index in [0.29, 0.717) is 17.4 Å². The molecule has 29 heavy (non-hydrogen) atoms. The van der Waals surface area contributed by atoms with Gasteiger partial charge in [0, 0.05) is 12.1 Å². The lowest BCUT2D eigenvalue weighted by molar-refractivity contribution is -0.118. The average molecular weight is 412 g/mol. The van der Waals surface area contributed by atoms with Crippen molar-refractivity contribution in [2.24, 2.45) is 5.10 Å². The maximum absolute atomic E-state index is 13.0. The Bertz CT molecular complexity index is 1010. The molecular formula is C21H22FN5OS. The number of carbonyl (C=O) groups is 1. The van der Waals surface area contributed by atoms with Crippen molar-refractivity contribution >= 4 is 23.4 Å². The van der Waals surface area contributed by atoms with Gasteiger partial charge in [0.25, 0.3) is 5.91 Å². The van der Waals surface area contributed by atoms with Gasteiger partial charge < -0.3 is 4.57 Å². The number of aromatic nitrogens is 3. The summed E-state index contributed by atoms with van der Waals surface area (Å²) >= 11 is 1.31. The maximum atomic E-state index is 13.0. The Balaban J connectivity index is 1.62. The third-order valence-electron chi connectivity index (χ3n) is 4.29. The maximum Gasteiger partial charge on any atom is 0.250 e. The van der Waals surface area contributed by atoms with Gasteiger partial charge in [0.05, 0.1) is 11.5 Å². The van der Waals surface area contributed by atoms with E-state index in [1.165, 1.54) is 29.5 Å². The number of hydrazone groups is 1. The zero-order valence-electron chi connectivity index (χ0n) is 16.5. The van der Waals surface area contributed by atoms with Gasteiger partial charge in [0.15, 0.2) is 11.0 Å². The third kappa shape index (κ3) is 5.29. The van der Waals surface area contributed by atoms with Crippen molar-refractivity contribution < 1.29 is 9.18 Å². The molecule has 0 unspecified atom stereocenters. The molecule has 1 heterocycles. The fraction of sp³-hybridized carbons (Fsp3) is 0.238. The first-order valence-corrected chi connectivity index (χ1v) is 10.2. The standard InChI is InChI=1S/C21H22FN5OS/c1-4-27-20(17-7-5-14(2)6-8-17)25-26-21(27)29-13-19(28)24-23-15(3)16-9-11-18(22)12-10-16/h5-12H,4,13H2,1-3H3,(H,24,28)/b23-15-. The molecule has 150 valence electrons. The van der Waals surface area contributed by atoms with Gasteiger partial charge in [-0.15, -0.1) is 10.2 Å². The van der Waals surface area contributed by atoms with Crippen molar-refractivity contribution in [3.05, 3.63) is 65.5 Å². The SMILES string of the molecule is CCn1c(SCC(=O)N/N=C(/C)c2ccc(F)cc2)nnc1-c1ccc(C)cc1. The summed E-state index contributed by atoms with van der Waals surface area (Å²) in [5, 5.41) is 13.3. The number of nitrogens with one attached hydrogen (secondary N) is 1. The second kappa shape index (κ2) is 9.47. The summed E-state index contributed by atoms with van der Waals surface area (Å²) in [7, 11) is 0. The summed E-state index contributed by atoms with van der Waals surface area (Å²) in [6, 6.07) is 14.0. The van der Waals surface area contributed by atoms with E-state index in [4.69, 9.17) is 0 Å². The highest BCUT2D eigenvalue weighted by molar-refractivity contribution is 7.99. The lowest BCUT2D eigenvalue weighted by Crippen LogP contribution is -2.21. The molecular weight excluding hydrogens is 389 g/mol. The minimum atomic E-state index is -0.313. The van der Waals surface area contributed by atoms with Crippen LogP contribution in [0.15, 0.2) is 58.8 Å². The van der Waals surface area contributed by atoms with Crippen molar-refractivity contribution in [1.29, 1.82) is 0 Å². The predicted molar refractivity (Wildman–Crippen MR) is 113 cm³/mol. The largest absolute Gasteiger partial charge is 0.302 e. The average Bonchev–Trinajstić information content (AvgIpc) is 3.14. The van der Waals surface area contributed by atoms with Crippen molar-refractivity contribution in [2.75, 3.05) is 5.75 Å². The Morgan fingerprint density at radius 3 is 2.48 bits per heavy atom. The third-order valence-corrected chi connectivity index (χ3v) is 5.25. The number of carbonyl (C=O) groups excluding carboxylic acids is 1. The van der Waals surface area contributed by atoms with Crippen LogP contribution < -0.4 is 5.43 Å². The van der Waals surface area contributed by atoms with Crippen LogP contribution >= 0.6 is 11.8 Å². The quantitative estimate of drug-likeness (QED) is 0.362. The molecule has 3 rings (SSSR count). The van der Waals surface area contributed by atoms with Gasteiger partial charge in [0.2, 0.25) is 0 Å². The van der Waals surface area contributed by atoms with Crippen LogP contribution in [0.5, 0.6) is 0 Å². The van der Waals surface area contributed by atoms with Crippen molar-refractivity contribution in [3.63, 3.8) is 0 Å². The molecule has 0 aliphatic carbocycles. The number of hydrogen-bond donors (Lipinski definition) is 1. The molecule has 0 aliphatic rings. The zero-order valence-corrected chi connectivity index (χ0v) is 17.3. The van der Waals surface area contributed by atoms with Crippen LogP contribution in [0.4, 0.5) is 4.39 Å². The number of amides is 1. The molecule has 0 fully saturated rings. The summed E-state index contributed by atoms with van der Waals surface area (Å²) in [5.74, 6) is 0.373. The van der Waals surface area contributed by atoms with Crippen LogP contribution in [-0.2, 0) is 11.3 Å². The van der Waals surface area contributed by atoms with Crippen LogP contribution in [-0.4, -0.2) is 32.1 Å². The Labute approximate surface area is 173 Å². The molecule has 8 heteroatoms. The molecule has 6 nitrogen and oxygen atoms in total. The molecule has 1 amide bonds. The molecule has 0 aliphatic heterocycles. The summed E-state index contributed by atoms with van der Waals surface area (Å²) in [6.07, 6.45) is 0. The molecule has 0 saturated carbocycles. The minimum Gasteiger partial charge on any atom is -0.302 e. The number of aryl methyl sites for hydroxylation is 1. The molecule has 0 spiro atoms. The first-order chi connectivity index (χ1) is 14.0. The van der Waals surface area contributed by atoms with E-state index >= 15 is 0 Å². The Kier molecular flexibility index (Phi) is 6.77. The number of nitrogens with zero attached hydrogens (tertiary/aromatic N) is 4. The number of halogens is 1. The smallest absolute Gasteiger partial charge is 0.250 e. The minimum absolute atomic E-state index is 0.159. The van der Waals surface area contributed by atoms with E-state index in [9.17, 15) is 9.18 Å². The van der Waals surface area contributed by atoms with Crippen molar-refractivity contribution in [2.45, 2.75) is 32.5 Å². The lowest BCUT2D eigenvalue weighted by atomic mass is 10.1. The molecule has 0 bridgehead atoms. The number of benzene rings is 2. The summed E-state index contributed by atoms with van der Waals surface area (Å²) < 4.78 is 15.0. The van der Waals surface area contributed by atoms with Gasteiger partial charge in [-0.3, -0.25) is 4.79 Å². The monoisotopic (exact) mass is 411 g/mol. The highest BCUT2D eigenvalue weighted by Crippen LogP contribution is 2.24. The first-order valence-electron chi connectivity index (χ1n) is 9.20. The summed E-state index contributed by atoms with van der Waals surface area (Å²) in [4.78, 5) is 12.2. The lowest BCUT2D eigenvalue weighted by Gasteiger charge is -2.07. The molecule has 3 aromatic rings. The van der Waals surface area contributed by atoms with Gasteiger partial charge in [-0.25, -0.2) is 9.82 Å². The van der Waals surface area contributed by atoms with Crippen molar-refractivity contribution in [1.82, 2.24) is 20.2 Å². The number of thioether (sulfide) groups is 1. The first kappa shape index (κ1) is 20.7. The molecule has 1 aromatic heterocycles. The predicted octanol–water partition coefficient (Wildman–Crippen LogP) is 4.05. The molecule has 2 aromatic carbocycles.